The molecule has 0 saturated carbocycles. The molecule has 178 valence electrons. The minimum Gasteiger partial charge on any atom is -0.497 e. The first-order valence-electron chi connectivity index (χ1n) is 9.66. The summed E-state index contributed by atoms with van der Waals surface area (Å²) in [4.78, 5) is 22.8. The Hall–Kier alpha value is -4.32. The lowest BCUT2D eigenvalue weighted by Crippen LogP contribution is -2.15. The van der Waals surface area contributed by atoms with E-state index in [2.05, 4.69) is 10.0 Å². The SMILES string of the molecule is COc1cc(NC(=O)c2ccc(S(=O)(=O)Nc3cc([N+](=O)[O-])ccc3OC)cc2)cc(OC)c1. The lowest BCUT2D eigenvalue weighted by atomic mass is 10.2. The van der Waals surface area contributed by atoms with Crippen LogP contribution in [0.1, 0.15) is 10.4 Å². The van der Waals surface area contributed by atoms with E-state index in [-0.39, 0.29) is 27.6 Å². The number of benzene rings is 3. The van der Waals surface area contributed by atoms with Crippen LogP contribution in [0.15, 0.2) is 65.6 Å². The molecule has 3 aromatic carbocycles. The molecule has 0 aromatic heterocycles. The maximum atomic E-state index is 12.8. The maximum Gasteiger partial charge on any atom is 0.271 e. The van der Waals surface area contributed by atoms with Gasteiger partial charge in [-0.1, -0.05) is 0 Å². The van der Waals surface area contributed by atoms with Crippen molar-refractivity contribution < 1.29 is 32.3 Å². The van der Waals surface area contributed by atoms with Crippen molar-refractivity contribution in [2.24, 2.45) is 0 Å². The van der Waals surface area contributed by atoms with Crippen LogP contribution in [0.25, 0.3) is 0 Å². The highest BCUT2D eigenvalue weighted by Crippen LogP contribution is 2.31. The zero-order valence-electron chi connectivity index (χ0n) is 18.4. The Kier molecular flexibility index (Phi) is 7.21. The van der Waals surface area contributed by atoms with Gasteiger partial charge in [-0.05, 0) is 30.3 Å². The summed E-state index contributed by atoms with van der Waals surface area (Å²) in [6.07, 6.45) is 0. The van der Waals surface area contributed by atoms with E-state index in [0.717, 1.165) is 6.07 Å². The van der Waals surface area contributed by atoms with Crippen LogP contribution in [-0.2, 0) is 10.0 Å². The fourth-order valence-electron chi connectivity index (χ4n) is 2.96. The molecule has 11 nitrogen and oxygen atoms in total. The third kappa shape index (κ3) is 5.53. The minimum atomic E-state index is -4.13. The number of nitrogens with one attached hydrogen (secondary N) is 2. The highest BCUT2D eigenvalue weighted by molar-refractivity contribution is 7.92. The van der Waals surface area contributed by atoms with E-state index in [1.54, 1.807) is 18.2 Å². The molecule has 0 saturated heterocycles. The van der Waals surface area contributed by atoms with Gasteiger partial charge in [-0.15, -0.1) is 0 Å². The van der Waals surface area contributed by atoms with E-state index in [0.29, 0.717) is 17.2 Å². The number of carbonyl (C=O) groups is 1. The maximum absolute atomic E-state index is 12.8. The van der Waals surface area contributed by atoms with Crippen molar-refractivity contribution in [3.05, 3.63) is 76.3 Å². The topological polar surface area (TPSA) is 146 Å². The molecule has 0 aliphatic rings. The molecular weight excluding hydrogens is 466 g/mol. The predicted octanol–water partition coefficient (Wildman–Crippen LogP) is 3.67. The van der Waals surface area contributed by atoms with Crippen molar-refractivity contribution in [1.82, 2.24) is 0 Å². The van der Waals surface area contributed by atoms with E-state index in [4.69, 9.17) is 14.2 Å². The molecule has 2 N–H and O–H groups in total. The van der Waals surface area contributed by atoms with E-state index in [1.165, 1.54) is 57.7 Å². The molecule has 0 unspecified atom stereocenters. The van der Waals surface area contributed by atoms with E-state index < -0.39 is 20.9 Å². The van der Waals surface area contributed by atoms with Gasteiger partial charge in [-0.25, -0.2) is 8.42 Å². The van der Waals surface area contributed by atoms with Gasteiger partial charge >= 0.3 is 0 Å². The summed E-state index contributed by atoms with van der Waals surface area (Å²) in [5.74, 6) is 0.601. The number of ether oxygens (including phenoxy) is 3. The summed E-state index contributed by atoms with van der Waals surface area (Å²) in [7, 11) is 0.151. The van der Waals surface area contributed by atoms with Gasteiger partial charge in [-0.3, -0.25) is 19.6 Å². The minimum absolute atomic E-state index is 0.0921. The summed E-state index contributed by atoms with van der Waals surface area (Å²) in [5, 5.41) is 13.7. The molecule has 0 aliphatic carbocycles. The van der Waals surface area contributed by atoms with Crippen molar-refractivity contribution in [3.8, 4) is 17.2 Å². The molecule has 0 fully saturated rings. The Balaban J connectivity index is 1.80. The first-order chi connectivity index (χ1) is 16.2. The molecule has 0 radical (unpaired) electrons. The average molecular weight is 487 g/mol. The molecule has 34 heavy (non-hydrogen) atoms. The zero-order valence-corrected chi connectivity index (χ0v) is 19.2. The lowest BCUT2D eigenvalue weighted by Gasteiger charge is -2.12. The molecule has 0 aliphatic heterocycles. The van der Waals surface area contributed by atoms with Gasteiger partial charge in [-0.2, -0.15) is 0 Å². The first-order valence-corrected chi connectivity index (χ1v) is 11.1. The lowest BCUT2D eigenvalue weighted by molar-refractivity contribution is -0.384. The van der Waals surface area contributed by atoms with E-state index in [1.807, 2.05) is 0 Å². The van der Waals surface area contributed by atoms with Crippen LogP contribution >= 0.6 is 0 Å². The van der Waals surface area contributed by atoms with E-state index >= 15 is 0 Å². The molecule has 0 atom stereocenters. The second kappa shape index (κ2) is 10.1. The normalized spacial score (nSPS) is 10.8. The number of anilines is 2. The largest absolute Gasteiger partial charge is 0.497 e. The zero-order chi connectivity index (χ0) is 24.9. The smallest absolute Gasteiger partial charge is 0.271 e. The van der Waals surface area contributed by atoms with Crippen LogP contribution < -0.4 is 24.2 Å². The van der Waals surface area contributed by atoms with Crippen LogP contribution in [0.4, 0.5) is 17.1 Å². The van der Waals surface area contributed by atoms with Crippen LogP contribution in [-0.4, -0.2) is 40.6 Å². The van der Waals surface area contributed by atoms with Gasteiger partial charge in [0.1, 0.15) is 17.2 Å². The van der Waals surface area contributed by atoms with Crippen LogP contribution in [0.2, 0.25) is 0 Å². The summed E-state index contributed by atoms with van der Waals surface area (Å²) in [6, 6.07) is 13.6. The summed E-state index contributed by atoms with van der Waals surface area (Å²) >= 11 is 0. The molecular formula is C22H21N3O8S. The van der Waals surface area contributed by atoms with Gasteiger partial charge in [0.25, 0.3) is 21.6 Å². The van der Waals surface area contributed by atoms with Gasteiger partial charge in [0.15, 0.2) is 0 Å². The number of sulfonamides is 1. The molecule has 1 amide bonds. The molecule has 0 heterocycles. The number of hydrogen-bond acceptors (Lipinski definition) is 8. The van der Waals surface area contributed by atoms with E-state index in [9.17, 15) is 23.3 Å². The third-order valence-electron chi connectivity index (χ3n) is 4.67. The molecule has 0 bridgehead atoms. The number of nitro benzene ring substituents is 1. The number of carbonyl (C=O) groups excluding carboxylic acids is 1. The number of nitro groups is 1. The quantitative estimate of drug-likeness (QED) is 0.343. The van der Waals surface area contributed by atoms with Gasteiger partial charge in [0.2, 0.25) is 0 Å². The highest BCUT2D eigenvalue weighted by atomic mass is 32.2. The Morgan fingerprint density at radius 1 is 0.882 bits per heavy atom. The van der Waals surface area contributed by atoms with Crippen LogP contribution in [0.3, 0.4) is 0 Å². The van der Waals surface area contributed by atoms with Gasteiger partial charge in [0, 0.05) is 41.6 Å². The number of amides is 1. The van der Waals surface area contributed by atoms with Crippen molar-refractivity contribution in [3.63, 3.8) is 0 Å². The second-order valence-electron chi connectivity index (χ2n) is 6.83. The summed E-state index contributed by atoms with van der Waals surface area (Å²) < 4.78 is 43.3. The third-order valence-corrected chi connectivity index (χ3v) is 6.06. The molecule has 3 aromatic rings. The second-order valence-corrected chi connectivity index (χ2v) is 8.51. The van der Waals surface area contributed by atoms with Crippen molar-refractivity contribution in [2.75, 3.05) is 31.4 Å². The standard InChI is InChI=1S/C22H21N3O8S/c1-31-17-10-15(11-18(13-17)32-2)23-22(26)14-4-7-19(8-5-14)34(29,30)24-20-12-16(25(27)28)6-9-21(20)33-3/h4-13,24H,1-3H3,(H,23,26). The molecule has 12 heteroatoms. The van der Waals surface area contributed by atoms with Crippen LogP contribution in [0, 0.1) is 10.1 Å². The highest BCUT2D eigenvalue weighted by Gasteiger charge is 2.20. The first kappa shape index (κ1) is 24.3. The molecule has 0 spiro atoms. The van der Waals surface area contributed by atoms with Crippen molar-refractivity contribution in [1.29, 1.82) is 0 Å². The van der Waals surface area contributed by atoms with Crippen LogP contribution in [0.5, 0.6) is 17.2 Å². The fraction of sp³-hybridized carbons (Fsp3) is 0.136. The number of non-ortho nitro benzene ring substituents is 1. The number of nitrogens with zero attached hydrogens (tertiary/aromatic N) is 1. The van der Waals surface area contributed by atoms with Gasteiger partial charge < -0.3 is 19.5 Å². The number of methoxy groups -OCH3 is 3. The summed E-state index contributed by atoms with van der Waals surface area (Å²) in [5.41, 5.74) is 0.233. The predicted molar refractivity (Wildman–Crippen MR) is 124 cm³/mol. The number of hydrogen-bond donors (Lipinski definition) is 2. The summed E-state index contributed by atoms with van der Waals surface area (Å²) in [6.45, 7) is 0. The number of rotatable bonds is 9. The van der Waals surface area contributed by atoms with Crippen molar-refractivity contribution in [2.45, 2.75) is 4.90 Å². The Morgan fingerprint density at radius 3 is 2.03 bits per heavy atom. The van der Waals surface area contributed by atoms with Gasteiger partial charge in [0.05, 0.1) is 36.8 Å². The fourth-order valence-corrected chi connectivity index (χ4v) is 4.02. The Labute approximate surface area is 195 Å². The Bertz CT molecular complexity index is 1300. The molecule has 3 rings (SSSR count). The average Bonchev–Trinajstić information content (AvgIpc) is 2.83. The van der Waals surface area contributed by atoms with Crippen molar-refractivity contribution >= 4 is 33.0 Å². The Morgan fingerprint density at radius 2 is 1.50 bits per heavy atom. The monoisotopic (exact) mass is 487 g/mol.